The number of hydrogen-bond donors (Lipinski definition) is 1. The third kappa shape index (κ3) is 5.29. The average molecular weight is 179 g/mol. The van der Waals surface area contributed by atoms with Gasteiger partial charge in [-0.1, -0.05) is 39.8 Å². The van der Waals surface area contributed by atoms with Crippen molar-refractivity contribution in [2.75, 3.05) is 5.73 Å². The lowest BCUT2D eigenvalue weighted by Gasteiger charge is -2.03. The molecular weight excluding hydrogens is 158 g/mol. The van der Waals surface area contributed by atoms with Crippen molar-refractivity contribution in [3.05, 3.63) is 29.8 Å². The molecule has 0 aliphatic carbocycles. The smallest absolute Gasteiger partial charge is 0.0314 e. The van der Waals surface area contributed by atoms with Crippen LogP contribution in [0.25, 0.3) is 0 Å². The molecule has 0 saturated heterocycles. The van der Waals surface area contributed by atoms with E-state index in [2.05, 4.69) is 26.0 Å². The largest absolute Gasteiger partial charge is 0.399 e. The molecule has 0 amide bonds. The van der Waals surface area contributed by atoms with E-state index in [1.54, 1.807) is 0 Å². The maximum Gasteiger partial charge on any atom is 0.0314 e. The highest BCUT2D eigenvalue weighted by atomic mass is 14.5. The third-order valence-corrected chi connectivity index (χ3v) is 1.62. The van der Waals surface area contributed by atoms with Crippen LogP contribution < -0.4 is 5.73 Å². The minimum absolute atomic E-state index is 0.721. The lowest BCUT2D eigenvalue weighted by Crippen LogP contribution is -1.94. The SMILES string of the molecule is CC.CC(C)Cc1ccc(N)cc1. The van der Waals surface area contributed by atoms with E-state index < -0.39 is 0 Å². The van der Waals surface area contributed by atoms with Crippen LogP contribution in [0.15, 0.2) is 24.3 Å². The van der Waals surface area contributed by atoms with Gasteiger partial charge in [0.25, 0.3) is 0 Å². The molecule has 0 heterocycles. The van der Waals surface area contributed by atoms with Crippen LogP contribution >= 0.6 is 0 Å². The van der Waals surface area contributed by atoms with E-state index in [9.17, 15) is 0 Å². The molecule has 1 rings (SSSR count). The van der Waals surface area contributed by atoms with Gasteiger partial charge in [0.15, 0.2) is 0 Å². The Hall–Kier alpha value is -0.980. The number of anilines is 1. The first kappa shape index (κ1) is 12.0. The van der Waals surface area contributed by atoms with Crippen LogP contribution in [0.3, 0.4) is 0 Å². The van der Waals surface area contributed by atoms with Crippen molar-refractivity contribution in [2.45, 2.75) is 34.1 Å². The Balaban J connectivity index is 0.000000671. The molecule has 0 aromatic heterocycles. The van der Waals surface area contributed by atoms with Crippen molar-refractivity contribution >= 4 is 5.69 Å². The van der Waals surface area contributed by atoms with Crippen LogP contribution in [-0.4, -0.2) is 0 Å². The van der Waals surface area contributed by atoms with Crippen molar-refractivity contribution in [3.63, 3.8) is 0 Å². The fraction of sp³-hybridized carbons (Fsp3) is 0.500. The minimum Gasteiger partial charge on any atom is -0.399 e. The standard InChI is InChI=1S/C10H15N.C2H6/c1-8(2)7-9-3-5-10(11)6-4-9;1-2/h3-6,8H,7,11H2,1-2H3;1-2H3. The number of nitrogen functional groups attached to an aromatic ring is 1. The second kappa shape index (κ2) is 6.53. The summed E-state index contributed by atoms with van der Waals surface area (Å²) in [4.78, 5) is 0. The molecule has 0 atom stereocenters. The molecule has 0 bridgehead atoms. The van der Waals surface area contributed by atoms with Gasteiger partial charge in [-0.05, 0) is 30.0 Å². The molecule has 1 aromatic carbocycles. The van der Waals surface area contributed by atoms with E-state index in [0.29, 0.717) is 0 Å². The maximum absolute atomic E-state index is 5.56. The summed E-state index contributed by atoms with van der Waals surface area (Å²) in [5, 5.41) is 0. The summed E-state index contributed by atoms with van der Waals surface area (Å²) in [6.45, 7) is 8.44. The second-order valence-electron chi connectivity index (χ2n) is 3.34. The number of benzene rings is 1. The number of hydrogen-bond acceptors (Lipinski definition) is 1. The second-order valence-corrected chi connectivity index (χ2v) is 3.34. The van der Waals surface area contributed by atoms with Gasteiger partial charge >= 0.3 is 0 Å². The molecule has 0 aliphatic rings. The van der Waals surface area contributed by atoms with Gasteiger partial charge in [0.1, 0.15) is 0 Å². The van der Waals surface area contributed by atoms with Gasteiger partial charge in [-0.2, -0.15) is 0 Å². The summed E-state index contributed by atoms with van der Waals surface area (Å²) in [7, 11) is 0. The zero-order chi connectivity index (χ0) is 10.3. The summed E-state index contributed by atoms with van der Waals surface area (Å²) in [5.74, 6) is 0.721. The Morgan fingerprint density at radius 1 is 1.08 bits per heavy atom. The van der Waals surface area contributed by atoms with E-state index in [1.165, 1.54) is 5.56 Å². The Bertz CT molecular complexity index is 211. The summed E-state index contributed by atoms with van der Waals surface area (Å²) in [6, 6.07) is 8.10. The van der Waals surface area contributed by atoms with Crippen molar-refractivity contribution in [1.29, 1.82) is 0 Å². The van der Waals surface area contributed by atoms with Gasteiger partial charge in [-0.25, -0.2) is 0 Å². The van der Waals surface area contributed by atoms with Gasteiger partial charge in [0, 0.05) is 5.69 Å². The van der Waals surface area contributed by atoms with E-state index in [1.807, 2.05) is 26.0 Å². The first-order valence-electron chi connectivity index (χ1n) is 5.03. The summed E-state index contributed by atoms with van der Waals surface area (Å²) >= 11 is 0. The Morgan fingerprint density at radius 2 is 1.54 bits per heavy atom. The normalized spacial score (nSPS) is 9.31. The van der Waals surface area contributed by atoms with E-state index in [0.717, 1.165) is 18.0 Å². The average Bonchev–Trinajstić information content (AvgIpc) is 2.12. The predicted octanol–water partition coefficient (Wildman–Crippen LogP) is 3.49. The summed E-state index contributed by atoms with van der Waals surface area (Å²) in [5.41, 5.74) is 7.77. The van der Waals surface area contributed by atoms with Crippen molar-refractivity contribution in [2.24, 2.45) is 5.92 Å². The van der Waals surface area contributed by atoms with Crippen LogP contribution in [0.5, 0.6) is 0 Å². The summed E-state index contributed by atoms with van der Waals surface area (Å²) in [6.07, 6.45) is 1.14. The quantitative estimate of drug-likeness (QED) is 0.691. The van der Waals surface area contributed by atoms with E-state index in [4.69, 9.17) is 5.73 Å². The van der Waals surface area contributed by atoms with Crippen molar-refractivity contribution < 1.29 is 0 Å². The monoisotopic (exact) mass is 179 g/mol. The number of rotatable bonds is 2. The van der Waals surface area contributed by atoms with Gasteiger partial charge in [-0.3, -0.25) is 0 Å². The Morgan fingerprint density at radius 3 is 1.92 bits per heavy atom. The molecule has 2 N–H and O–H groups in total. The predicted molar refractivity (Wildman–Crippen MR) is 60.7 cm³/mol. The fourth-order valence-corrected chi connectivity index (χ4v) is 1.13. The van der Waals surface area contributed by atoms with Gasteiger partial charge < -0.3 is 5.73 Å². The van der Waals surface area contributed by atoms with Crippen LogP contribution in [0, 0.1) is 5.92 Å². The Kier molecular flexibility index (Phi) is 6.03. The van der Waals surface area contributed by atoms with E-state index in [-0.39, 0.29) is 0 Å². The highest BCUT2D eigenvalue weighted by Crippen LogP contribution is 2.09. The first-order valence-corrected chi connectivity index (χ1v) is 5.03. The molecule has 0 fully saturated rings. The lowest BCUT2D eigenvalue weighted by atomic mass is 10.0. The molecule has 13 heavy (non-hydrogen) atoms. The minimum atomic E-state index is 0.721. The molecule has 0 unspecified atom stereocenters. The topological polar surface area (TPSA) is 26.0 Å². The third-order valence-electron chi connectivity index (χ3n) is 1.62. The van der Waals surface area contributed by atoms with Crippen LogP contribution in [-0.2, 0) is 6.42 Å². The van der Waals surface area contributed by atoms with Crippen LogP contribution in [0.1, 0.15) is 33.3 Å². The molecule has 0 radical (unpaired) electrons. The van der Waals surface area contributed by atoms with Crippen LogP contribution in [0.2, 0.25) is 0 Å². The molecule has 1 heteroatoms. The molecule has 1 nitrogen and oxygen atoms in total. The van der Waals surface area contributed by atoms with Gasteiger partial charge in [-0.15, -0.1) is 0 Å². The van der Waals surface area contributed by atoms with Crippen molar-refractivity contribution in [3.8, 4) is 0 Å². The number of nitrogens with two attached hydrogens (primary N) is 1. The lowest BCUT2D eigenvalue weighted by molar-refractivity contribution is 0.647. The Labute approximate surface area is 82.0 Å². The van der Waals surface area contributed by atoms with Gasteiger partial charge in [0.05, 0.1) is 0 Å². The fourth-order valence-electron chi connectivity index (χ4n) is 1.13. The highest BCUT2D eigenvalue weighted by molar-refractivity contribution is 5.39. The highest BCUT2D eigenvalue weighted by Gasteiger charge is 1.95. The molecule has 74 valence electrons. The maximum atomic E-state index is 5.56. The molecule has 0 spiro atoms. The molecule has 0 aliphatic heterocycles. The van der Waals surface area contributed by atoms with Crippen LogP contribution in [0.4, 0.5) is 5.69 Å². The molecular formula is C12H21N. The molecule has 1 aromatic rings. The van der Waals surface area contributed by atoms with Gasteiger partial charge in [0.2, 0.25) is 0 Å². The zero-order valence-corrected chi connectivity index (χ0v) is 9.17. The summed E-state index contributed by atoms with van der Waals surface area (Å²) < 4.78 is 0. The van der Waals surface area contributed by atoms with E-state index >= 15 is 0 Å². The zero-order valence-electron chi connectivity index (χ0n) is 9.17. The molecule has 0 saturated carbocycles. The first-order chi connectivity index (χ1) is 6.18. The van der Waals surface area contributed by atoms with Crippen molar-refractivity contribution in [1.82, 2.24) is 0 Å².